The summed E-state index contributed by atoms with van der Waals surface area (Å²) in [4.78, 5) is 51.6. The van der Waals surface area contributed by atoms with Crippen LogP contribution in [0.3, 0.4) is 0 Å². The predicted octanol–water partition coefficient (Wildman–Crippen LogP) is 6.62. The van der Waals surface area contributed by atoms with Gasteiger partial charge < -0.3 is 14.2 Å². The molecule has 9 atom stereocenters. The van der Waals surface area contributed by atoms with E-state index < -0.39 is 5.41 Å². The van der Waals surface area contributed by atoms with Crippen molar-refractivity contribution in [3.63, 3.8) is 0 Å². The first kappa shape index (κ1) is 31.3. The van der Waals surface area contributed by atoms with E-state index in [1.165, 1.54) is 21.0 Å². The SMILES string of the molecule is COC(=O)[C@@]1(C)CC[C@]2(COC(C)=O)CC[C@]3(C)C(=CC(=O)[C@@H]4[C@@]5(C)CC[C@H](OC(C)=O)C(C)(C)[C@@H]5CC[C@]43C)[C@@H]2C1. The molecule has 0 bridgehead atoms. The molecule has 0 saturated heterocycles. The highest BCUT2D eigenvalue weighted by atomic mass is 16.5. The molecule has 0 aromatic carbocycles. The van der Waals surface area contributed by atoms with E-state index in [0.29, 0.717) is 19.4 Å². The minimum absolute atomic E-state index is 0.0446. The Labute approximate surface area is 251 Å². The van der Waals surface area contributed by atoms with Gasteiger partial charge in [0.1, 0.15) is 6.10 Å². The zero-order valence-electron chi connectivity index (χ0n) is 27.3. The normalized spacial score (nSPS) is 45.6. The highest BCUT2D eigenvalue weighted by Gasteiger charge is 2.71. The van der Waals surface area contributed by atoms with Gasteiger partial charge in [0, 0.05) is 30.6 Å². The number of carbonyl (C=O) groups is 4. The average Bonchev–Trinajstić information content (AvgIpc) is 2.90. The van der Waals surface area contributed by atoms with E-state index in [2.05, 4.69) is 34.6 Å². The van der Waals surface area contributed by atoms with Crippen molar-refractivity contribution in [3.8, 4) is 0 Å². The lowest BCUT2D eigenvalue weighted by atomic mass is 9.33. The molecule has 0 heterocycles. The molecule has 0 amide bonds. The van der Waals surface area contributed by atoms with Crippen molar-refractivity contribution in [1.82, 2.24) is 0 Å². The summed E-state index contributed by atoms with van der Waals surface area (Å²) in [5.41, 5.74) is -0.710. The smallest absolute Gasteiger partial charge is 0.311 e. The van der Waals surface area contributed by atoms with Gasteiger partial charge in [-0.05, 0) is 98.9 Å². The monoisotopic (exact) mass is 584 g/mol. The zero-order valence-corrected chi connectivity index (χ0v) is 27.3. The van der Waals surface area contributed by atoms with E-state index in [4.69, 9.17) is 14.2 Å². The molecular weight excluding hydrogens is 532 g/mol. The van der Waals surface area contributed by atoms with Gasteiger partial charge in [0.15, 0.2) is 5.78 Å². The van der Waals surface area contributed by atoms with Crippen LogP contribution in [-0.4, -0.2) is 43.5 Å². The molecule has 4 fully saturated rings. The van der Waals surface area contributed by atoms with Gasteiger partial charge in [-0.2, -0.15) is 0 Å². The molecule has 7 heteroatoms. The molecule has 42 heavy (non-hydrogen) atoms. The number of esters is 3. The zero-order chi connectivity index (χ0) is 31.1. The summed E-state index contributed by atoms with van der Waals surface area (Å²) in [5.74, 6) is -0.458. The van der Waals surface area contributed by atoms with Gasteiger partial charge in [-0.1, -0.05) is 40.2 Å². The Kier molecular flexibility index (Phi) is 7.38. The summed E-state index contributed by atoms with van der Waals surface area (Å²) in [6, 6.07) is 0. The third kappa shape index (κ3) is 4.25. The van der Waals surface area contributed by atoms with Gasteiger partial charge in [-0.3, -0.25) is 19.2 Å². The van der Waals surface area contributed by atoms with Gasteiger partial charge in [-0.25, -0.2) is 0 Å². The molecular formula is C35H52O7. The highest BCUT2D eigenvalue weighted by molar-refractivity contribution is 5.95. The van der Waals surface area contributed by atoms with Crippen molar-refractivity contribution in [1.29, 1.82) is 0 Å². The highest BCUT2D eigenvalue weighted by Crippen LogP contribution is 2.75. The maximum absolute atomic E-state index is 14.6. The Morgan fingerprint density at radius 3 is 2.17 bits per heavy atom. The van der Waals surface area contributed by atoms with Gasteiger partial charge >= 0.3 is 17.9 Å². The molecule has 0 N–H and O–H groups in total. The summed E-state index contributed by atoms with van der Waals surface area (Å²) in [6.45, 7) is 16.8. The van der Waals surface area contributed by atoms with E-state index in [1.807, 2.05) is 13.0 Å². The first-order chi connectivity index (χ1) is 19.4. The fourth-order valence-corrected chi connectivity index (χ4v) is 11.3. The van der Waals surface area contributed by atoms with Crippen molar-refractivity contribution < 1.29 is 33.4 Å². The molecule has 5 rings (SSSR count). The second-order valence-electron chi connectivity index (χ2n) is 16.2. The number of ketones is 1. The first-order valence-corrected chi connectivity index (χ1v) is 16.1. The third-order valence-corrected chi connectivity index (χ3v) is 13.8. The molecule has 0 unspecified atom stereocenters. The van der Waals surface area contributed by atoms with Crippen LogP contribution < -0.4 is 0 Å². The lowest BCUT2D eigenvalue weighted by molar-refractivity contribution is -0.212. The van der Waals surface area contributed by atoms with E-state index in [0.717, 1.165) is 50.5 Å². The number of hydrogen-bond acceptors (Lipinski definition) is 7. The van der Waals surface area contributed by atoms with Crippen LogP contribution in [0.25, 0.3) is 0 Å². The second-order valence-corrected chi connectivity index (χ2v) is 16.2. The van der Waals surface area contributed by atoms with Gasteiger partial charge in [0.05, 0.1) is 19.1 Å². The Bertz CT molecular complexity index is 1220. The standard InChI is InChI=1S/C35H52O7/c1-21(36)41-20-35-16-14-31(5,29(39)40-9)19-24(35)23-18-25(38)28-32(6)12-11-27(42-22(2)37)30(3,4)26(32)10-13-34(28,8)33(23,7)15-17-35/h18,24,26-28H,10-17,19-20H2,1-9H3/t24-,26-,27-,28+,31-,32-,33+,34+,35+/m0/s1. The van der Waals surface area contributed by atoms with Gasteiger partial charge in [0.2, 0.25) is 0 Å². The van der Waals surface area contributed by atoms with Gasteiger partial charge in [-0.15, -0.1) is 0 Å². The average molecular weight is 585 g/mol. The van der Waals surface area contributed by atoms with Crippen molar-refractivity contribution in [2.45, 2.75) is 119 Å². The lowest BCUT2D eigenvalue weighted by Gasteiger charge is -2.70. The van der Waals surface area contributed by atoms with Crippen LogP contribution in [0.2, 0.25) is 0 Å². The number of rotatable bonds is 4. The minimum atomic E-state index is -0.651. The molecule has 234 valence electrons. The van der Waals surface area contributed by atoms with Crippen LogP contribution in [0, 0.1) is 50.2 Å². The topological polar surface area (TPSA) is 96.0 Å². The predicted molar refractivity (Wildman–Crippen MR) is 158 cm³/mol. The first-order valence-electron chi connectivity index (χ1n) is 16.1. The summed E-state index contributed by atoms with van der Waals surface area (Å²) in [5, 5.41) is 0. The molecule has 5 aliphatic rings. The Hall–Kier alpha value is -2.18. The molecule has 0 aromatic rings. The number of carbonyl (C=O) groups excluding carboxylic acids is 4. The Morgan fingerprint density at radius 1 is 0.881 bits per heavy atom. The largest absolute Gasteiger partial charge is 0.469 e. The van der Waals surface area contributed by atoms with Gasteiger partial charge in [0.25, 0.3) is 0 Å². The second kappa shape index (κ2) is 9.92. The number of methoxy groups -OCH3 is 1. The Balaban J connectivity index is 1.59. The summed E-state index contributed by atoms with van der Waals surface area (Å²) in [7, 11) is 1.45. The number of fused-ring (bicyclic) bond motifs is 7. The lowest BCUT2D eigenvalue weighted by Crippen LogP contribution is -2.67. The fourth-order valence-electron chi connectivity index (χ4n) is 11.3. The molecule has 4 saturated carbocycles. The van der Waals surface area contributed by atoms with E-state index in [1.54, 1.807) is 0 Å². The van der Waals surface area contributed by atoms with Crippen LogP contribution in [-0.2, 0) is 33.4 Å². The molecule has 0 radical (unpaired) electrons. The summed E-state index contributed by atoms with van der Waals surface area (Å²) in [6.07, 6.45) is 9.18. The molecule has 5 aliphatic carbocycles. The molecule has 0 aromatic heterocycles. The molecule has 7 nitrogen and oxygen atoms in total. The maximum Gasteiger partial charge on any atom is 0.311 e. The van der Waals surface area contributed by atoms with Crippen molar-refractivity contribution in [2.75, 3.05) is 13.7 Å². The summed E-state index contributed by atoms with van der Waals surface area (Å²) < 4.78 is 16.8. The molecule has 0 spiro atoms. The minimum Gasteiger partial charge on any atom is -0.469 e. The Morgan fingerprint density at radius 2 is 1.55 bits per heavy atom. The fraction of sp³-hybridized carbons (Fsp3) is 0.829. The van der Waals surface area contributed by atoms with Crippen molar-refractivity contribution in [3.05, 3.63) is 11.6 Å². The quantitative estimate of drug-likeness (QED) is 0.271. The van der Waals surface area contributed by atoms with Crippen LogP contribution in [0.15, 0.2) is 11.6 Å². The third-order valence-electron chi connectivity index (χ3n) is 13.8. The molecule has 0 aliphatic heterocycles. The number of ether oxygens (including phenoxy) is 3. The summed E-state index contributed by atoms with van der Waals surface area (Å²) >= 11 is 0. The van der Waals surface area contributed by atoms with Crippen LogP contribution in [0.5, 0.6) is 0 Å². The van der Waals surface area contributed by atoms with E-state index >= 15 is 0 Å². The van der Waals surface area contributed by atoms with Crippen LogP contribution in [0.4, 0.5) is 0 Å². The number of allylic oxidation sites excluding steroid dienone is 2. The van der Waals surface area contributed by atoms with E-state index in [-0.39, 0.29) is 74.6 Å². The van der Waals surface area contributed by atoms with E-state index in [9.17, 15) is 19.2 Å². The van der Waals surface area contributed by atoms with Crippen LogP contribution in [0.1, 0.15) is 113 Å². The van der Waals surface area contributed by atoms with Crippen molar-refractivity contribution in [2.24, 2.45) is 50.2 Å². The maximum atomic E-state index is 14.6. The number of hydrogen-bond donors (Lipinski definition) is 0. The van der Waals surface area contributed by atoms with Crippen LogP contribution >= 0.6 is 0 Å². The van der Waals surface area contributed by atoms with Crippen molar-refractivity contribution >= 4 is 23.7 Å².